The molecule has 2 aliphatic heterocycles. The molecule has 1 aromatic rings. The molecular formula is C19H28ClN3O4. The van der Waals surface area contributed by atoms with Crippen LogP contribution >= 0.6 is 12.4 Å². The Morgan fingerprint density at radius 3 is 2.07 bits per heavy atom. The second kappa shape index (κ2) is 9.80. The van der Waals surface area contributed by atoms with Crippen molar-refractivity contribution in [3.8, 4) is 11.5 Å². The molecule has 7 nitrogen and oxygen atoms in total. The normalized spacial score (nSPS) is 19.9. The zero-order valence-electron chi connectivity index (χ0n) is 15.9. The van der Waals surface area contributed by atoms with Gasteiger partial charge in [0.25, 0.3) is 5.91 Å². The fourth-order valence-electron chi connectivity index (χ4n) is 3.53. The summed E-state index contributed by atoms with van der Waals surface area (Å²) >= 11 is 0. The van der Waals surface area contributed by atoms with E-state index in [0.29, 0.717) is 43.2 Å². The lowest BCUT2D eigenvalue weighted by Gasteiger charge is -2.37. The Hall–Kier alpha value is -1.99. The molecule has 2 heterocycles. The van der Waals surface area contributed by atoms with Crippen molar-refractivity contribution in [3.63, 3.8) is 0 Å². The number of amides is 2. The molecule has 0 aliphatic carbocycles. The Labute approximate surface area is 166 Å². The summed E-state index contributed by atoms with van der Waals surface area (Å²) in [5.74, 6) is 1.28. The summed E-state index contributed by atoms with van der Waals surface area (Å²) in [7, 11) is 3.12. The number of carbonyl (C=O) groups is 2. The third-order valence-corrected chi connectivity index (χ3v) is 5.09. The Morgan fingerprint density at radius 1 is 0.963 bits per heavy atom. The van der Waals surface area contributed by atoms with Gasteiger partial charge in [-0.1, -0.05) is 6.42 Å². The fraction of sp³-hybridized carbons (Fsp3) is 0.579. The summed E-state index contributed by atoms with van der Waals surface area (Å²) in [5.41, 5.74) is 0.537. The molecule has 1 aromatic carbocycles. The molecule has 2 saturated heterocycles. The number of hydrogen-bond donors (Lipinski definition) is 1. The highest BCUT2D eigenvalue weighted by molar-refractivity contribution is 5.95. The number of methoxy groups -OCH3 is 2. The second-order valence-corrected chi connectivity index (χ2v) is 6.72. The molecule has 1 unspecified atom stereocenters. The van der Waals surface area contributed by atoms with E-state index in [-0.39, 0.29) is 30.3 Å². The lowest BCUT2D eigenvalue weighted by Crippen LogP contribution is -2.55. The summed E-state index contributed by atoms with van der Waals surface area (Å²) < 4.78 is 10.5. The van der Waals surface area contributed by atoms with Crippen LogP contribution in [0, 0.1) is 0 Å². The zero-order chi connectivity index (χ0) is 18.5. The van der Waals surface area contributed by atoms with Crippen LogP contribution in [0.1, 0.15) is 29.6 Å². The molecule has 1 atom stereocenters. The number of carbonyl (C=O) groups excluding carboxylic acids is 2. The Kier molecular flexibility index (Phi) is 7.74. The number of ether oxygens (including phenoxy) is 2. The number of nitrogens with zero attached hydrogens (tertiary/aromatic N) is 2. The Balaban J connectivity index is 0.00000261. The summed E-state index contributed by atoms with van der Waals surface area (Å²) in [4.78, 5) is 29.1. The van der Waals surface area contributed by atoms with Crippen molar-refractivity contribution < 1.29 is 19.1 Å². The van der Waals surface area contributed by atoms with Gasteiger partial charge in [-0.25, -0.2) is 0 Å². The third-order valence-electron chi connectivity index (χ3n) is 5.09. The predicted octanol–water partition coefficient (Wildman–Crippen LogP) is 1.55. The minimum absolute atomic E-state index is 0. The number of halogens is 1. The van der Waals surface area contributed by atoms with E-state index in [1.807, 2.05) is 4.90 Å². The number of piperidine rings is 1. The molecule has 0 spiro atoms. The SMILES string of the molecule is COc1cc(OC)cc(C(=O)N2CCN(C(=O)C3CCCCN3)CC2)c1.Cl. The van der Waals surface area contributed by atoms with Crippen LogP contribution in [-0.4, -0.2) is 74.6 Å². The number of rotatable bonds is 4. The Morgan fingerprint density at radius 2 is 1.56 bits per heavy atom. The van der Waals surface area contributed by atoms with Gasteiger partial charge in [-0.2, -0.15) is 0 Å². The smallest absolute Gasteiger partial charge is 0.254 e. The number of benzene rings is 1. The average Bonchev–Trinajstić information content (AvgIpc) is 2.73. The standard InChI is InChI=1S/C19H27N3O4.ClH/c1-25-15-11-14(12-16(13-15)26-2)18(23)21-7-9-22(10-8-21)19(24)17-5-3-4-6-20-17;/h11-13,17,20H,3-10H2,1-2H3;1H. The lowest BCUT2D eigenvalue weighted by molar-refractivity contribution is -0.135. The van der Waals surface area contributed by atoms with Crippen molar-refractivity contribution in [3.05, 3.63) is 23.8 Å². The molecule has 1 N–H and O–H groups in total. The largest absolute Gasteiger partial charge is 0.497 e. The Bertz CT molecular complexity index is 634. The van der Waals surface area contributed by atoms with E-state index in [9.17, 15) is 9.59 Å². The first kappa shape index (κ1) is 21.3. The molecule has 27 heavy (non-hydrogen) atoms. The monoisotopic (exact) mass is 397 g/mol. The van der Waals surface area contributed by atoms with E-state index in [1.54, 1.807) is 37.3 Å². The van der Waals surface area contributed by atoms with Gasteiger partial charge in [-0.3, -0.25) is 9.59 Å². The van der Waals surface area contributed by atoms with Crippen molar-refractivity contribution >= 4 is 24.2 Å². The topological polar surface area (TPSA) is 71.1 Å². The first-order chi connectivity index (χ1) is 12.6. The van der Waals surface area contributed by atoms with Crippen LogP contribution in [0.5, 0.6) is 11.5 Å². The van der Waals surface area contributed by atoms with Gasteiger partial charge in [-0.15, -0.1) is 12.4 Å². The number of hydrogen-bond acceptors (Lipinski definition) is 5. The summed E-state index contributed by atoms with van der Waals surface area (Å²) in [6.07, 6.45) is 3.14. The number of piperazine rings is 1. The lowest BCUT2D eigenvalue weighted by atomic mass is 10.0. The van der Waals surface area contributed by atoms with Crippen LogP contribution < -0.4 is 14.8 Å². The maximum atomic E-state index is 12.8. The van der Waals surface area contributed by atoms with Crippen LogP contribution in [0.2, 0.25) is 0 Å². The van der Waals surface area contributed by atoms with Crippen molar-refractivity contribution in [1.29, 1.82) is 0 Å². The third kappa shape index (κ3) is 5.05. The summed E-state index contributed by atoms with van der Waals surface area (Å²) in [6, 6.07) is 5.11. The maximum absolute atomic E-state index is 12.8. The number of nitrogens with one attached hydrogen (secondary N) is 1. The predicted molar refractivity (Wildman–Crippen MR) is 105 cm³/mol. The van der Waals surface area contributed by atoms with Crippen LogP contribution in [-0.2, 0) is 4.79 Å². The molecule has 8 heteroatoms. The highest BCUT2D eigenvalue weighted by Crippen LogP contribution is 2.24. The minimum Gasteiger partial charge on any atom is -0.497 e. The first-order valence-corrected chi connectivity index (χ1v) is 9.17. The van der Waals surface area contributed by atoms with E-state index in [0.717, 1.165) is 25.8 Å². The van der Waals surface area contributed by atoms with E-state index >= 15 is 0 Å². The van der Waals surface area contributed by atoms with Crippen molar-refractivity contribution in [2.45, 2.75) is 25.3 Å². The molecule has 2 amide bonds. The van der Waals surface area contributed by atoms with Gasteiger partial charge < -0.3 is 24.6 Å². The molecule has 0 aromatic heterocycles. The van der Waals surface area contributed by atoms with Gasteiger partial charge in [0, 0.05) is 37.8 Å². The fourth-order valence-corrected chi connectivity index (χ4v) is 3.53. The second-order valence-electron chi connectivity index (χ2n) is 6.72. The summed E-state index contributed by atoms with van der Waals surface area (Å²) in [6.45, 7) is 3.13. The minimum atomic E-state index is -0.0647. The average molecular weight is 398 g/mol. The molecule has 0 saturated carbocycles. The molecule has 2 fully saturated rings. The highest BCUT2D eigenvalue weighted by Gasteiger charge is 2.30. The van der Waals surface area contributed by atoms with E-state index < -0.39 is 0 Å². The van der Waals surface area contributed by atoms with Crippen LogP contribution in [0.3, 0.4) is 0 Å². The van der Waals surface area contributed by atoms with Gasteiger partial charge in [0.2, 0.25) is 5.91 Å². The van der Waals surface area contributed by atoms with Crippen molar-refractivity contribution in [1.82, 2.24) is 15.1 Å². The molecule has 3 rings (SSSR count). The van der Waals surface area contributed by atoms with E-state index in [4.69, 9.17) is 9.47 Å². The molecule has 2 aliphatic rings. The van der Waals surface area contributed by atoms with E-state index in [2.05, 4.69) is 5.32 Å². The maximum Gasteiger partial charge on any atom is 0.254 e. The van der Waals surface area contributed by atoms with Crippen LogP contribution in [0.15, 0.2) is 18.2 Å². The van der Waals surface area contributed by atoms with E-state index in [1.165, 1.54) is 0 Å². The summed E-state index contributed by atoms with van der Waals surface area (Å²) in [5, 5.41) is 3.30. The zero-order valence-corrected chi connectivity index (χ0v) is 16.7. The van der Waals surface area contributed by atoms with Gasteiger partial charge in [0.15, 0.2) is 0 Å². The molecule has 150 valence electrons. The van der Waals surface area contributed by atoms with Crippen molar-refractivity contribution in [2.24, 2.45) is 0 Å². The van der Waals surface area contributed by atoms with Gasteiger partial charge in [0.05, 0.1) is 20.3 Å². The first-order valence-electron chi connectivity index (χ1n) is 9.17. The van der Waals surface area contributed by atoms with Gasteiger partial charge in [0.1, 0.15) is 11.5 Å². The molecular weight excluding hydrogens is 370 g/mol. The van der Waals surface area contributed by atoms with Crippen LogP contribution in [0.4, 0.5) is 0 Å². The molecule has 0 radical (unpaired) electrons. The van der Waals surface area contributed by atoms with Gasteiger partial charge >= 0.3 is 0 Å². The van der Waals surface area contributed by atoms with Crippen LogP contribution in [0.25, 0.3) is 0 Å². The van der Waals surface area contributed by atoms with Gasteiger partial charge in [-0.05, 0) is 31.5 Å². The highest BCUT2D eigenvalue weighted by atomic mass is 35.5. The quantitative estimate of drug-likeness (QED) is 0.834. The molecule has 0 bridgehead atoms. The van der Waals surface area contributed by atoms with Crippen molar-refractivity contribution in [2.75, 3.05) is 46.9 Å².